The van der Waals surface area contributed by atoms with Gasteiger partial charge in [0, 0.05) is 38.8 Å². The molecule has 2 N–H and O–H groups in total. The van der Waals surface area contributed by atoms with Crippen LogP contribution in [0.15, 0.2) is 30.6 Å². The summed E-state index contributed by atoms with van der Waals surface area (Å²) in [7, 11) is 1.59. The third-order valence-electron chi connectivity index (χ3n) is 5.87. The van der Waals surface area contributed by atoms with Gasteiger partial charge in [0.1, 0.15) is 0 Å². The highest BCUT2D eigenvalue weighted by Gasteiger charge is 2.25. The van der Waals surface area contributed by atoms with Crippen LogP contribution in [0.2, 0.25) is 0 Å². The van der Waals surface area contributed by atoms with E-state index in [0.29, 0.717) is 25.3 Å². The molecule has 9 nitrogen and oxygen atoms in total. The summed E-state index contributed by atoms with van der Waals surface area (Å²) in [6.07, 6.45) is 6.33. The first-order valence-corrected chi connectivity index (χ1v) is 12.0. The van der Waals surface area contributed by atoms with Gasteiger partial charge in [-0.1, -0.05) is 13.0 Å². The van der Waals surface area contributed by atoms with E-state index < -0.39 is 5.97 Å². The Kier molecular flexibility index (Phi) is 9.90. The maximum absolute atomic E-state index is 11.5. The monoisotopic (exact) mass is 472 g/mol. The van der Waals surface area contributed by atoms with Crippen molar-refractivity contribution in [1.29, 1.82) is 0 Å². The van der Waals surface area contributed by atoms with Gasteiger partial charge >= 0.3 is 12.0 Å². The summed E-state index contributed by atoms with van der Waals surface area (Å²) in [4.78, 5) is 22.4. The van der Waals surface area contributed by atoms with Crippen LogP contribution in [-0.4, -0.2) is 67.2 Å². The lowest BCUT2D eigenvalue weighted by molar-refractivity contribution is -0.137. The third-order valence-corrected chi connectivity index (χ3v) is 5.87. The molecule has 9 heteroatoms. The first-order valence-electron chi connectivity index (χ1n) is 12.0. The summed E-state index contributed by atoms with van der Waals surface area (Å²) >= 11 is 0. The molecular formula is C25H36N4O5. The Bertz CT molecular complexity index is 903. The molecule has 0 aliphatic carbocycles. The molecule has 1 fully saturated rings. The molecule has 0 amide bonds. The molecule has 3 rings (SSSR count). The number of carboxylic acids is 1. The highest BCUT2D eigenvalue weighted by atomic mass is 16.5. The van der Waals surface area contributed by atoms with E-state index in [0.717, 1.165) is 61.6 Å². The number of ether oxygens (including phenoxy) is 3. The second-order valence-electron chi connectivity index (χ2n) is 8.38. The highest BCUT2D eigenvalue weighted by molar-refractivity contribution is 5.77. The number of rotatable bonds is 13. The number of aromatic nitrogens is 2. The molecule has 1 aromatic carbocycles. The van der Waals surface area contributed by atoms with Gasteiger partial charge in [0.2, 0.25) is 0 Å². The molecular weight excluding hydrogens is 436 g/mol. The number of carboxylic acid groups (broad SMARTS) is 1. The summed E-state index contributed by atoms with van der Waals surface area (Å²) < 4.78 is 16.3. The lowest BCUT2D eigenvalue weighted by atomic mass is 9.94. The summed E-state index contributed by atoms with van der Waals surface area (Å²) in [5.41, 5.74) is 3.59. The smallest absolute Gasteiger partial charge is 0.316 e. The van der Waals surface area contributed by atoms with Crippen LogP contribution in [0.1, 0.15) is 51.0 Å². The molecule has 2 heterocycles. The van der Waals surface area contributed by atoms with Crippen molar-refractivity contribution in [2.75, 3.05) is 50.3 Å². The van der Waals surface area contributed by atoms with Gasteiger partial charge in [-0.15, -0.1) is 0 Å². The van der Waals surface area contributed by atoms with Gasteiger partial charge in [0.25, 0.3) is 0 Å². The molecule has 1 saturated heterocycles. The molecule has 186 valence electrons. The summed E-state index contributed by atoms with van der Waals surface area (Å²) in [6.45, 7) is 7.32. The van der Waals surface area contributed by atoms with E-state index in [1.54, 1.807) is 19.5 Å². The molecule has 1 unspecified atom stereocenters. The average Bonchev–Trinajstić information content (AvgIpc) is 2.84. The maximum atomic E-state index is 11.5. The van der Waals surface area contributed by atoms with Crippen molar-refractivity contribution in [3.63, 3.8) is 0 Å². The van der Waals surface area contributed by atoms with Crippen molar-refractivity contribution in [1.82, 2.24) is 9.97 Å². The minimum absolute atomic E-state index is 0.00255. The number of nitrogens with zero attached hydrogens (tertiary/aromatic N) is 3. The van der Waals surface area contributed by atoms with E-state index in [4.69, 9.17) is 14.2 Å². The third kappa shape index (κ3) is 7.04. The van der Waals surface area contributed by atoms with E-state index in [-0.39, 0.29) is 12.3 Å². The molecule has 1 aliphatic rings. The lowest BCUT2D eigenvalue weighted by Gasteiger charge is -2.37. The molecule has 0 spiro atoms. The van der Waals surface area contributed by atoms with E-state index >= 15 is 0 Å². The molecule has 0 saturated carbocycles. The fourth-order valence-corrected chi connectivity index (χ4v) is 4.32. The zero-order valence-corrected chi connectivity index (χ0v) is 20.3. The first kappa shape index (κ1) is 25.7. The Labute approximate surface area is 201 Å². The fourth-order valence-electron chi connectivity index (χ4n) is 4.32. The zero-order valence-electron chi connectivity index (χ0n) is 20.3. The Balaban J connectivity index is 1.99. The fraction of sp³-hybridized carbons (Fsp3) is 0.560. The van der Waals surface area contributed by atoms with Crippen molar-refractivity contribution < 1.29 is 24.1 Å². The Morgan fingerprint density at radius 1 is 1.26 bits per heavy atom. The topological polar surface area (TPSA) is 106 Å². The SMILES string of the molecule is CCCN(c1ccc(C(COC)CC(=O)O)cc1Nc1cnc(OCC)nc1)C1CCOCC1. The zero-order chi connectivity index (χ0) is 24.3. The number of methoxy groups -OCH3 is 1. The molecule has 34 heavy (non-hydrogen) atoms. The van der Waals surface area contributed by atoms with Gasteiger partial charge in [0.15, 0.2) is 0 Å². The van der Waals surface area contributed by atoms with Crippen LogP contribution in [0.4, 0.5) is 17.1 Å². The minimum atomic E-state index is -0.852. The largest absolute Gasteiger partial charge is 0.481 e. The maximum Gasteiger partial charge on any atom is 0.316 e. The van der Waals surface area contributed by atoms with Gasteiger partial charge in [-0.05, 0) is 43.9 Å². The van der Waals surface area contributed by atoms with Crippen molar-refractivity contribution in [3.8, 4) is 6.01 Å². The predicted octanol–water partition coefficient (Wildman–Crippen LogP) is 4.22. The summed E-state index contributed by atoms with van der Waals surface area (Å²) in [5, 5.41) is 12.9. The summed E-state index contributed by atoms with van der Waals surface area (Å²) in [6, 6.07) is 6.84. The second kappa shape index (κ2) is 13.1. The van der Waals surface area contributed by atoms with Crippen LogP contribution >= 0.6 is 0 Å². The van der Waals surface area contributed by atoms with Crippen LogP contribution in [-0.2, 0) is 14.3 Å². The number of hydrogen-bond donors (Lipinski definition) is 2. The Morgan fingerprint density at radius 2 is 2.00 bits per heavy atom. The van der Waals surface area contributed by atoms with Crippen molar-refractivity contribution in [2.45, 2.75) is 51.5 Å². The molecule has 0 bridgehead atoms. The first-order chi connectivity index (χ1) is 16.5. The quantitative estimate of drug-likeness (QED) is 0.443. The number of aliphatic carboxylic acids is 1. The van der Waals surface area contributed by atoms with Crippen molar-refractivity contribution >= 4 is 23.0 Å². The van der Waals surface area contributed by atoms with Crippen molar-refractivity contribution in [3.05, 3.63) is 36.2 Å². The Hall–Kier alpha value is -2.91. The van der Waals surface area contributed by atoms with E-state index in [2.05, 4.69) is 33.2 Å². The van der Waals surface area contributed by atoms with Crippen molar-refractivity contribution in [2.24, 2.45) is 0 Å². The predicted molar refractivity (Wildman–Crippen MR) is 131 cm³/mol. The molecule has 0 radical (unpaired) electrons. The molecule has 1 aromatic heterocycles. The Morgan fingerprint density at radius 3 is 2.62 bits per heavy atom. The number of anilines is 3. The van der Waals surface area contributed by atoms with Gasteiger partial charge in [-0.25, -0.2) is 9.97 Å². The van der Waals surface area contributed by atoms with Crippen LogP contribution < -0.4 is 15.0 Å². The normalized spacial score (nSPS) is 15.0. The van der Waals surface area contributed by atoms with Gasteiger partial charge < -0.3 is 29.5 Å². The van der Waals surface area contributed by atoms with Crippen LogP contribution in [0.25, 0.3) is 0 Å². The second-order valence-corrected chi connectivity index (χ2v) is 8.38. The van der Waals surface area contributed by atoms with Gasteiger partial charge in [-0.3, -0.25) is 4.79 Å². The lowest BCUT2D eigenvalue weighted by Crippen LogP contribution is -2.40. The average molecular weight is 473 g/mol. The summed E-state index contributed by atoms with van der Waals surface area (Å²) in [5.74, 6) is -1.10. The van der Waals surface area contributed by atoms with Gasteiger partial charge in [0.05, 0.1) is 49.1 Å². The van der Waals surface area contributed by atoms with Crippen LogP contribution in [0.3, 0.4) is 0 Å². The molecule has 2 aromatic rings. The van der Waals surface area contributed by atoms with E-state index in [1.165, 1.54) is 0 Å². The van der Waals surface area contributed by atoms with Gasteiger partial charge in [-0.2, -0.15) is 0 Å². The molecule has 1 aliphatic heterocycles. The standard InChI is InChI=1S/C25H36N4O5/c1-4-10-29(21-8-11-33-12-9-21)23-7-6-18(19(17-32-3)14-24(30)31)13-22(23)28-20-15-26-25(27-16-20)34-5-2/h6-7,13,15-16,19,21,28H,4-5,8-12,14,17H2,1-3H3,(H,30,31). The molecule has 1 atom stereocenters. The van der Waals surface area contributed by atoms with Crippen LogP contribution in [0.5, 0.6) is 6.01 Å². The minimum Gasteiger partial charge on any atom is -0.481 e. The van der Waals surface area contributed by atoms with E-state index in [9.17, 15) is 9.90 Å². The number of carbonyl (C=O) groups is 1. The van der Waals surface area contributed by atoms with Crippen LogP contribution in [0, 0.1) is 0 Å². The number of nitrogens with one attached hydrogen (secondary N) is 1. The van der Waals surface area contributed by atoms with E-state index in [1.807, 2.05) is 19.1 Å². The number of benzene rings is 1. The highest BCUT2D eigenvalue weighted by Crippen LogP contribution is 2.36. The number of hydrogen-bond acceptors (Lipinski definition) is 8.